The number of thiophene rings is 1. The molecular weight excluding hydrogens is 316 g/mol. The van der Waals surface area contributed by atoms with Gasteiger partial charge in [-0.25, -0.2) is 0 Å². The number of aryl methyl sites for hydroxylation is 1. The Balaban J connectivity index is 1.60. The van der Waals surface area contributed by atoms with Crippen LogP contribution in [-0.4, -0.2) is 22.8 Å². The van der Waals surface area contributed by atoms with Gasteiger partial charge in [0.2, 0.25) is 5.91 Å². The average molecular weight is 338 g/mol. The van der Waals surface area contributed by atoms with E-state index in [1.807, 2.05) is 0 Å². The summed E-state index contributed by atoms with van der Waals surface area (Å²) in [5.41, 5.74) is 7.12. The second-order valence-corrected chi connectivity index (χ2v) is 8.44. The Bertz CT molecular complexity index is 577. The van der Waals surface area contributed by atoms with Crippen molar-refractivity contribution in [2.45, 2.75) is 56.6 Å². The molecule has 0 bridgehead atoms. The van der Waals surface area contributed by atoms with Crippen LogP contribution in [0.5, 0.6) is 0 Å². The number of amides is 2. The van der Waals surface area contributed by atoms with E-state index < -0.39 is 5.91 Å². The number of nitrogens with two attached hydrogens (primary N) is 1. The monoisotopic (exact) mass is 338 g/mol. The van der Waals surface area contributed by atoms with E-state index in [9.17, 15) is 9.59 Å². The molecule has 1 fully saturated rings. The highest BCUT2D eigenvalue weighted by molar-refractivity contribution is 8.00. The fourth-order valence-electron chi connectivity index (χ4n) is 3.34. The van der Waals surface area contributed by atoms with Crippen molar-refractivity contribution in [2.24, 2.45) is 5.73 Å². The van der Waals surface area contributed by atoms with Gasteiger partial charge in [0, 0.05) is 10.1 Å². The van der Waals surface area contributed by atoms with Gasteiger partial charge < -0.3 is 11.1 Å². The van der Waals surface area contributed by atoms with Crippen molar-refractivity contribution < 1.29 is 9.59 Å². The van der Waals surface area contributed by atoms with Crippen molar-refractivity contribution in [2.75, 3.05) is 11.1 Å². The third-order valence-electron chi connectivity index (χ3n) is 4.42. The lowest BCUT2D eigenvalue weighted by Gasteiger charge is -2.20. The zero-order chi connectivity index (χ0) is 15.5. The number of rotatable bonds is 5. The number of hydrogen-bond acceptors (Lipinski definition) is 4. The Labute approximate surface area is 139 Å². The molecule has 0 aromatic carbocycles. The van der Waals surface area contributed by atoms with E-state index in [2.05, 4.69) is 5.32 Å². The maximum absolute atomic E-state index is 12.2. The first kappa shape index (κ1) is 15.9. The van der Waals surface area contributed by atoms with Crippen molar-refractivity contribution in [1.29, 1.82) is 0 Å². The SMILES string of the molecule is NC(=O)c1c(NC(=O)CSC2CCCCC2)sc2c1CCC2. The highest BCUT2D eigenvalue weighted by Gasteiger charge is 2.26. The quantitative estimate of drug-likeness (QED) is 0.865. The van der Waals surface area contributed by atoms with Gasteiger partial charge in [-0.2, -0.15) is 0 Å². The summed E-state index contributed by atoms with van der Waals surface area (Å²) in [7, 11) is 0. The summed E-state index contributed by atoms with van der Waals surface area (Å²) in [5.74, 6) is 0.0263. The standard InChI is InChI=1S/C16H22N2O2S2/c17-15(20)14-11-7-4-8-12(11)22-16(14)18-13(19)9-21-10-5-2-1-3-6-10/h10H,1-9H2,(H2,17,20)(H,18,19). The minimum Gasteiger partial charge on any atom is -0.365 e. The van der Waals surface area contributed by atoms with E-state index in [1.165, 1.54) is 48.3 Å². The summed E-state index contributed by atoms with van der Waals surface area (Å²) in [6, 6.07) is 0. The van der Waals surface area contributed by atoms with E-state index >= 15 is 0 Å². The normalized spacial score (nSPS) is 18.2. The minimum atomic E-state index is -0.422. The molecule has 1 aromatic heterocycles. The predicted molar refractivity (Wildman–Crippen MR) is 92.8 cm³/mol. The van der Waals surface area contributed by atoms with Gasteiger partial charge in [-0.05, 0) is 37.7 Å². The molecule has 0 atom stereocenters. The van der Waals surface area contributed by atoms with Gasteiger partial charge in [0.15, 0.2) is 0 Å². The van der Waals surface area contributed by atoms with Gasteiger partial charge in [0.05, 0.1) is 11.3 Å². The highest BCUT2D eigenvalue weighted by atomic mass is 32.2. The molecule has 22 heavy (non-hydrogen) atoms. The predicted octanol–water partition coefficient (Wildman–Crippen LogP) is 3.34. The van der Waals surface area contributed by atoms with Crippen LogP contribution >= 0.6 is 23.1 Å². The summed E-state index contributed by atoms with van der Waals surface area (Å²) in [4.78, 5) is 25.1. The van der Waals surface area contributed by atoms with Gasteiger partial charge in [0.25, 0.3) is 5.91 Å². The first-order valence-corrected chi connectivity index (χ1v) is 9.87. The molecule has 4 nitrogen and oxygen atoms in total. The molecule has 2 aliphatic carbocycles. The van der Waals surface area contributed by atoms with Crippen LogP contribution in [0.4, 0.5) is 5.00 Å². The van der Waals surface area contributed by atoms with Crippen LogP contribution in [-0.2, 0) is 17.6 Å². The van der Waals surface area contributed by atoms with Gasteiger partial charge >= 0.3 is 0 Å². The summed E-state index contributed by atoms with van der Waals surface area (Å²) in [6.07, 6.45) is 9.30. The van der Waals surface area contributed by atoms with Crippen LogP contribution in [0.1, 0.15) is 59.3 Å². The van der Waals surface area contributed by atoms with Gasteiger partial charge in [-0.15, -0.1) is 23.1 Å². The molecule has 0 unspecified atom stereocenters. The number of thioether (sulfide) groups is 1. The average Bonchev–Trinajstić information content (AvgIpc) is 3.06. The van der Waals surface area contributed by atoms with Crippen molar-refractivity contribution in [3.63, 3.8) is 0 Å². The number of carbonyl (C=O) groups is 2. The Morgan fingerprint density at radius 1 is 1.18 bits per heavy atom. The number of nitrogens with one attached hydrogen (secondary N) is 1. The molecule has 120 valence electrons. The van der Waals surface area contributed by atoms with E-state index in [-0.39, 0.29) is 5.91 Å². The molecular formula is C16H22N2O2S2. The Morgan fingerprint density at radius 3 is 2.68 bits per heavy atom. The first-order valence-electron chi connectivity index (χ1n) is 8.01. The second-order valence-electron chi connectivity index (χ2n) is 6.04. The number of carbonyl (C=O) groups excluding carboxylic acids is 2. The molecule has 1 saturated carbocycles. The second kappa shape index (κ2) is 7.04. The van der Waals surface area contributed by atoms with Crippen LogP contribution in [0.2, 0.25) is 0 Å². The molecule has 0 saturated heterocycles. The zero-order valence-corrected chi connectivity index (χ0v) is 14.3. The van der Waals surface area contributed by atoms with E-state index in [0.29, 0.717) is 21.6 Å². The molecule has 2 amide bonds. The van der Waals surface area contributed by atoms with E-state index in [1.54, 1.807) is 11.8 Å². The van der Waals surface area contributed by atoms with Crippen LogP contribution < -0.4 is 11.1 Å². The Morgan fingerprint density at radius 2 is 1.95 bits per heavy atom. The lowest BCUT2D eigenvalue weighted by molar-refractivity contribution is -0.113. The van der Waals surface area contributed by atoms with Gasteiger partial charge in [-0.3, -0.25) is 9.59 Å². The number of primary amides is 1. The largest absolute Gasteiger partial charge is 0.365 e. The summed E-state index contributed by atoms with van der Waals surface area (Å²) < 4.78 is 0. The van der Waals surface area contributed by atoms with E-state index in [4.69, 9.17) is 5.73 Å². The molecule has 2 aliphatic rings. The molecule has 3 N–H and O–H groups in total. The smallest absolute Gasteiger partial charge is 0.251 e. The molecule has 6 heteroatoms. The molecule has 0 aliphatic heterocycles. The minimum absolute atomic E-state index is 0.0157. The van der Waals surface area contributed by atoms with Crippen LogP contribution in [0.3, 0.4) is 0 Å². The van der Waals surface area contributed by atoms with Crippen LogP contribution in [0.25, 0.3) is 0 Å². The number of fused-ring (bicyclic) bond motifs is 1. The van der Waals surface area contributed by atoms with Gasteiger partial charge in [0.1, 0.15) is 5.00 Å². The Kier molecular flexibility index (Phi) is 5.08. The zero-order valence-electron chi connectivity index (χ0n) is 12.7. The first-order chi connectivity index (χ1) is 10.6. The van der Waals surface area contributed by atoms with Crippen LogP contribution in [0.15, 0.2) is 0 Å². The number of hydrogen-bond donors (Lipinski definition) is 2. The fraction of sp³-hybridized carbons (Fsp3) is 0.625. The third kappa shape index (κ3) is 3.49. The summed E-state index contributed by atoms with van der Waals surface area (Å²) in [6.45, 7) is 0. The van der Waals surface area contributed by atoms with Crippen molar-refractivity contribution in [3.8, 4) is 0 Å². The fourth-order valence-corrected chi connectivity index (χ4v) is 5.78. The summed E-state index contributed by atoms with van der Waals surface area (Å²) >= 11 is 3.27. The van der Waals surface area contributed by atoms with Crippen molar-refractivity contribution in [1.82, 2.24) is 0 Å². The topological polar surface area (TPSA) is 72.2 Å². The molecule has 1 heterocycles. The lowest BCUT2D eigenvalue weighted by atomic mass is 10.0. The van der Waals surface area contributed by atoms with Crippen LogP contribution in [0, 0.1) is 0 Å². The summed E-state index contributed by atoms with van der Waals surface area (Å²) in [5, 5.41) is 4.19. The van der Waals surface area contributed by atoms with Crippen molar-refractivity contribution >= 4 is 39.9 Å². The molecule has 1 aromatic rings. The lowest BCUT2D eigenvalue weighted by Crippen LogP contribution is -2.20. The maximum Gasteiger partial charge on any atom is 0.251 e. The third-order valence-corrected chi connectivity index (χ3v) is 7.00. The Hall–Kier alpha value is -1.01. The molecule has 0 spiro atoms. The van der Waals surface area contributed by atoms with Gasteiger partial charge in [-0.1, -0.05) is 19.3 Å². The highest BCUT2D eigenvalue weighted by Crippen LogP contribution is 2.39. The van der Waals surface area contributed by atoms with Crippen molar-refractivity contribution in [3.05, 3.63) is 16.0 Å². The molecule has 0 radical (unpaired) electrons. The maximum atomic E-state index is 12.2. The number of anilines is 1. The molecule has 3 rings (SSSR count). The van der Waals surface area contributed by atoms with E-state index in [0.717, 1.165) is 24.8 Å².